The summed E-state index contributed by atoms with van der Waals surface area (Å²) in [5.74, 6) is 0.371. The number of hydrogen-bond acceptors (Lipinski definition) is 5. The highest BCUT2D eigenvalue weighted by molar-refractivity contribution is 5.97. The van der Waals surface area contributed by atoms with Crippen molar-refractivity contribution in [1.29, 1.82) is 0 Å². The fourth-order valence-corrected chi connectivity index (χ4v) is 4.14. The Bertz CT molecular complexity index is 880. The van der Waals surface area contributed by atoms with Gasteiger partial charge in [-0.15, -0.1) is 0 Å². The first kappa shape index (κ1) is 20.5. The molecule has 1 aromatic heterocycles. The number of hydrogen-bond donors (Lipinski definition) is 1. The highest BCUT2D eigenvalue weighted by atomic mass is 16.2. The van der Waals surface area contributed by atoms with Gasteiger partial charge in [0.15, 0.2) is 5.82 Å². The number of amides is 2. The number of carbonyl (C=O) groups is 2. The molecule has 3 heterocycles. The van der Waals surface area contributed by atoms with Crippen molar-refractivity contribution < 1.29 is 9.59 Å². The summed E-state index contributed by atoms with van der Waals surface area (Å²) in [6.45, 7) is 4.65. The average Bonchev–Trinajstić information content (AvgIpc) is 3.24. The third kappa shape index (κ3) is 5.02. The second-order valence-electron chi connectivity index (χ2n) is 8.00. The minimum Gasteiger partial charge on any atom is -0.355 e. The van der Waals surface area contributed by atoms with E-state index in [0.29, 0.717) is 30.9 Å². The molecule has 7 nitrogen and oxygen atoms in total. The maximum Gasteiger partial charge on any atom is 0.257 e. The fraction of sp³-hybridized carbons (Fsp3) is 0.478. The van der Waals surface area contributed by atoms with Crippen molar-refractivity contribution in [3.8, 4) is 11.4 Å². The number of likely N-dealkylation sites (tertiary alicyclic amines) is 1. The van der Waals surface area contributed by atoms with E-state index in [9.17, 15) is 9.59 Å². The molecule has 1 N–H and O–H groups in total. The van der Waals surface area contributed by atoms with Gasteiger partial charge in [0.1, 0.15) is 0 Å². The number of benzene rings is 1. The Hall–Kier alpha value is -2.80. The Morgan fingerprint density at radius 3 is 2.67 bits per heavy atom. The van der Waals surface area contributed by atoms with E-state index in [2.05, 4.69) is 20.2 Å². The van der Waals surface area contributed by atoms with Crippen LogP contribution in [0.2, 0.25) is 0 Å². The second-order valence-corrected chi connectivity index (χ2v) is 8.00. The van der Waals surface area contributed by atoms with Crippen LogP contribution in [0.25, 0.3) is 11.4 Å². The van der Waals surface area contributed by atoms with E-state index in [0.717, 1.165) is 30.6 Å². The van der Waals surface area contributed by atoms with Gasteiger partial charge in [0, 0.05) is 24.8 Å². The molecule has 1 saturated heterocycles. The molecule has 30 heavy (non-hydrogen) atoms. The van der Waals surface area contributed by atoms with Gasteiger partial charge in [0.25, 0.3) is 5.91 Å². The topological polar surface area (TPSA) is 78.4 Å². The molecule has 0 aliphatic carbocycles. The van der Waals surface area contributed by atoms with Gasteiger partial charge in [-0.1, -0.05) is 30.3 Å². The Morgan fingerprint density at radius 1 is 1.07 bits per heavy atom. The number of aromatic nitrogens is 2. The molecule has 1 fully saturated rings. The number of fused-ring (bicyclic) bond motifs is 1. The Balaban J connectivity index is 1.33. The highest BCUT2D eigenvalue weighted by Crippen LogP contribution is 2.20. The molecule has 2 amide bonds. The van der Waals surface area contributed by atoms with Crippen LogP contribution in [0, 0.1) is 0 Å². The number of rotatable bonds is 7. The molecule has 0 bridgehead atoms. The summed E-state index contributed by atoms with van der Waals surface area (Å²) < 4.78 is 0. The summed E-state index contributed by atoms with van der Waals surface area (Å²) in [5.41, 5.74) is 2.21. The first-order valence-corrected chi connectivity index (χ1v) is 10.9. The summed E-state index contributed by atoms with van der Waals surface area (Å²) in [7, 11) is 0. The Morgan fingerprint density at radius 2 is 1.87 bits per heavy atom. The molecular formula is C23H29N5O2. The lowest BCUT2D eigenvalue weighted by atomic mass is 10.1. The van der Waals surface area contributed by atoms with Gasteiger partial charge in [-0.2, -0.15) is 0 Å². The molecule has 158 valence electrons. The predicted molar refractivity (Wildman–Crippen MR) is 115 cm³/mol. The van der Waals surface area contributed by atoms with Gasteiger partial charge in [-0.05, 0) is 51.7 Å². The number of aryl methyl sites for hydroxylation is 1. The maximum atomic E-state index is 13.0. The van der Waals surface area contributed by atoms with Crippen molar-refractivity contribution in [2.45, 2.75) is 32.1 Å². The summed E-state index contributed by atoms with van der Waals surface area (Å²) in [5, 5.41) is 2.96. The summed E-state index contributed by atoms with van der Waals surface area (Å²) >= 11 is 0. The lowest BCUT2D eigenvalue weighted by Crippen LogP contribution is -2.41. The Kier molecular flexibility index (Phi) is 6.69. The van der Waals surface area contributed by atoms with Crippen molar-refractivity contribution in [3.63, 3.8) is 0 Å². The van der Waals surface area contributed by atoms with E-state index in [1.807, 2.05) is 30.3 Å². The number of nitrogens with one attached hydrogen (secondary N) is 1. The van der Waals surface area contributed by atoms with Crippen LogP contribution < -0.4 is 5.32 Å². The first-order valence-electron chi connectivity index (χ1n) is 10.9. The van der Waals surface area contributed by atoms with Crippen molar-refractivity contribution >= 4 is 11.8 Å². The third-order valence-corrected chi connectivity index (χ3v) is 5.77. The number of carbonyl (C=O) groups excluding carboxylic acids is 2. The first-order chi connectivity index (χ1) is 14.7. The van der Waals surface area contributed by atoms with Crippen LogP contribution in [0.4, 0.5) is 0 Å². The molecule has 2 aliphatic rings. The molecule has 7 heteroatoms. The van der Waals surface area contributed by atoms with Crippen LogP contribution in [-0.4, -0.2) is 70.9 Å². The zero-order valence-electron chi connectivity index (χ0n) is 17.3. The van der Waals surface area contributed by atoms with Crippen LogP contribution in [0.5, 0.6) is 0 Å². The molecule has 0 radical (unpaired) electrons. The molecule has 0 spiro atoms. The van der Waals surface area contributed by atoms with E-state index in [1.165, 1.54) is 25.9 Å². The van der Waals surface area contributed by atoms with Gasteiger partial charge in [0.05, 0.1) is 17.8 Å². The predicted octanol–water partition coefficient (Wildman–Crippen LogP) is 2.13. The molecular weight excluding hydrogens is 378 g/mol. The standard InChI is InChI=1S/C23H29N5O2/c29-21(24-11-7-14-27-12-4-5-13-27)17-28-15-6-10-20-19(23(28)30)16-25-22(26-20)18-8-2-1-3-9-18/h1-3,8-9,16H,4-7,10-15,17H2,(H,24,29). The van der Waals surface area contributed by atoms with Gasteiger partial charge in [-0.25, -0.2) is 9.97 Å². The SMILES string of the molecule is O=C(CN1CCCc2nc(-c3ccccc3)ncc2C1=O)NCCCN1CCCC1. The van der Waals surface area contributed by atoms with Gasteiger partial charge in [0.2, 0.25) is 5.91 Å². The summed E-state index contributed by atoms with van der Waals surface area (Å²) in [6.07, 6.45) is 6.60. The summed E-state index contributed by atoms with van der Waals surface area (Å²) in [4.78, 5) is 38.4. The van der Waals surface area contributed by atoms with Crippen LogP contribution in [-0.2, 0) is 11.2 Å². The summed E-state index contributed by atoms with van der Waals surface area (Å²) in [6, 6.07) is 9.76. The van der Waals surface area contributed by atoms with Gasteiger partial charge in [-0.3, -0.25) is 9.59 Å². The fourth-order valence-electron chi connectivity index (χ4n) is 4.14. The largest absolute Gasteiger partial charge is 0.355 e. The maximum absolute atomic E-state index is 13.0. The van der Waals surface area contributed by atoms with Crippen LogP contribution in [0.3, 0.4) is 0 Å². The zero-order chi connectivity index (χ0) is 20.8. The molecule has 2 aromatic rings. The van der Waals surface area contributed by atoms with E-state index >= 15 is 0 Å². The quantitative estimate of drug-likeness (QED) is 0.712. The molecule has 4 rings (SSSR count). The second kappa shape index (κ2) is 9.80. The van der Waals surface area contributed by atoms with E-state index in [-0.39, 0.29) is 18.4 Å². The molecule has 0 unspecified atom stereocenters. The molecule has 1 aromatic carbocycles. The van der Waals surface area contributed by atoms with Crippen molar-refractivity contribution in [1.82, 2.24) is 25.1 Å². The van der Waals surface area contributed by atoms with Crippen molar-refractivity contribution in [3.05, 3.63) is 47.8 Å². The van der Waals surface area contributed by atoms with Crippen LogP contribution >= 0.6 is 0 Å². The number of nitrogens with zero attached hydrogens (tertiary/aromatic N) is 4. The van der Waals surface area contributed by atoms with Crippen molar-refractivity contribution in [2.75, 3.05) is 39.3 Å². The normalized spacial score (nSPS) is 16.9. The third-order valence-electron chi connectivity index (χ3n) is 5.77. The molecule has 0 saturated carbocycles. The van der Waals surface area contributed by atoms with Crippen LogP contribution in [0.15, 0.2) is 36.5 Å². The van der Waals surface area contributed by atoms with Crippen LogP contribution in [0.1, 0.15) is 41.7 Å². The van der Waals surface area contributed by atoms with E-state index in [4.69, 9.17) is 0 Å². The lowest BCUT2D eigenvalue weighted by Gasteiger charge is -2.20. The smallest absolute Gasteiger partial charge is 0.257 e. The van der Waals surface area contributed by atoms with Gasteiger partial charge >= 0.3 is 0 Å². The van der Waals surface area contributed by atoms with E-state index in [1.54, 1.807) is 11.1 Å². The minimum absolute atomic E-state index is 0.0857. The van der Waals surface area contributed by atoms with Crippen molar-refractivity contribution in [2.24, 2.45) is 0 Å². The monoisotopic (exact) mass is 407 g/mol. The average molecular weight is 408 g/mol. The lowest BCUT2D eigenvalue weighted by molar-refractivity contribution is -0.121. The van der Waals surface area contributed by atoms with Gasteiger partial charge < -0.3 is 15.1 Å². The highest BCUT2D eigenvalue weighted by Gasteiger charge is 2.26. The Labute approximate surface area is 177 Å². The molecule has 0 atom stereocenters. The zero-order valence-corrected chi connectivity index (χ0v) is 17.3. The molecule has 2 aliphatic heterocycles. The van der Waals surface area contributed by atoms with E-state index < -0.39 is 0 Å². The minimum atomic E-state index is -0.158.